The van der Waals surface area contributed by atoms with Crippen LogP contribution in [0.4, 0.5) is 5.00 Å². The van der Waals surface area contributed by atoms with Crippen LogP contribution in [0, 0.1) is 0 Å². The lowest BCUT2D eigenvalue weighted by Gasteiger charge is -2.08. The molecule has 106 valence electrons. The first-order valence-electron chi connectivity index (χ1n) is 6.78. The Morgan fingerprint density at radius 3 is 2.90 bits per heavy atom. The summed E-state index contributed by atoms with van der Waals surface area (Å²) in [5, 5.41) is 5.67. The lowest BCUT2D eigenvalue weighted by atomic mass is 10.2. The number of benzene rings is 1. The molecule has 3 rings (SSSR count). The number of anilines is 1. The molecule has 0 bridgehead atoms. The predicted octanol–water partition coefficient (Wildman–Crippen LogP) is 3.58. The molecule has 0 radical (unpaired) electrons. The molecular formula is C15H18N2O2S. The summed E-state index contributed by atoms with van der Waals surface area (Å²) < 4.78 is 10.7. The van der Waals surface area contributed by atoms with Gasteiger partial charge in [0.05, 0.1) is 25.5 Å². The number of fused-ring (bicyclic) bond motifs is 1. The topological polar surface area (TPSA) is 43.4 Å². The van der Waals surface area contributed by atoms with Crippen molar-refractivity contribution >= 4 is 16.3 Å². The lowest BCUT2D eigenvalue weighted by molar-refractivity contribution is 0.395. The van der Waals surface area contributed by atoms with Crippen LogP contribution in [0.3, 0.4) is 0 Å². The number of hydrogen-bond acceptors (Lipinski definition) is 5. The molecule has 0 saturated heterocycles. The summed E-state index contributed by atoms with van der Waals surface area (Å²) in [6.45, 7) is 1.04. The van der Waals surface area contributed by atoms with Gasteiger partial charge >= 0.3 is 0 Å². The molecule has 1 aromatic carbocycles. The minimum absolute atomic E-state index is 0.793. The largest absolute Gasteiger partial charge is 0.497 e. The van der Waals surface area contributed by atoms with Crippen LogP contribution in [-0.2, 0) is 6.42 Å². The second-order valence-electron chi connectivity index (χ2n) is 4.74. The van der Waals surface area contributed by atoms with E-state index in [1.165, 1.54) is 23.5 Å². The summed E-state index contributed by atoms with van der Waals surface area (Å²) in [5.41, 5.74) is 2.20. The van der Waals surface area contributed by atoms with E-state index >= 15 is 0 Å². The Hall–Kier alpha value is -1.75. The van der Waals surface area contributed by atoms with Crippen LogP contribution in [0.1, 0.15) is 18.5 Å². The Balaban J connectivity index is 2.00. The summed E-state index contributed by atoms with van der Waals surface area (Å²) in [4.78, 5) is 4.78. The first-order chi connectivity index (χ1) is 9.81. The molecule has 5 heteroatoms. The van der Waals surface area contributed by atoms with Crippen molar-refractivity contribution in [3.8, 4) is 22.1 Å². The molecule has 1 aromatic heterocycles. The van der Waals surface area contributed by atoms with Gasteiger partial charge in [0.25, 0.3) is 0 Å². The monoisotopic (exact) mass is 290 g/mol. The summed E-state index contributed by atoms with van der Waals surface area (Å²) in [6.07, 6.45) is 3.46. The third kappa shape index (κ3) is 2.45. The van der Waals surface area contributed by atoms with Crippen molar-refractivity contribution in [1.29, 1.82) is 0 Å². The predicted molar refractivity (Wildman–Crippen MR) is 82.1 cm³/mol. The van der Waals surface area contributed by atoms with Crippen molar-refractivity contribution < 1.29 is 9.47 Å². The summed E-state index contributed by atoms with van der Waals surface area (Å²) in [6, 6.07) is 5.85. The van der Waals surface area contributed by atoms with Gasteiger partial charge in [0.1, 0.15) is 21.5 Å². The number of aromatic nitrogens is 1. The second kappa shape index (κ2) is 5.71. The third-order valence-electron chi connectivity index (χ3n) is 3.46. The molecule has 2 aromatic rings. The van der Waals surface area contributed by atoms with E-state index in [2.05, 4.69) is 5.32 Å². The van der Waals surface area contributed by atoms with Gasteiger partial charge in [-0.3, -0.25) is 0 Å². The van der Waals surface area contributed by atoms with E-state index in [1.54, 1.807) is 25.6 Å². The number of rotatable bonds is 3. The molecule has 0 aliphatic carbocycles. The molecule has 20 heavy (non-hydrogen) atoms. The number of methoxy groups -OCH3 is 2. The summed E-state index contributed by atoms with van der Waals surface area (Å²) in [5.74, 6) is 1.59. The van der Waals surface area contributed by atoms with Crippen molar-refractivity contribution in [3.05, 3.63) is 23.9 Å². The molecule has 0 unspecified atom stereocenters. The van der Waals surface area contributed by atoms with Crippen LogP contribution in [0.5, 0.6) is 11.5 Å². The number of hydrogen-bond donors (Lipinski definition) is 1. The van der Waals surface area contributed by atoms with Crippen LogP contribution in [0.15, 0.2) is 18.2 Å². The first kappa shape index (κ1) is 13.2. The molecule has 0 atom stereocenters. The zero-order valence-corrected chi connectivity index (χ0v) is 12.5. The van der Waals surface area contributed by atoms with Gasteiger partial charge in [-0.15, -0.1) is 0 Å². The van der Waals surface area contributed by atoms with Crippen molar-refractivity contribution in [2.75, 3.05) is 26.1 Å². The fraction of sp³-hybridized carbons (Fsp3) is 0.400. The van der Waals surface area contributed by atoms with E-state index in [0.717, 1.165) is 35.0 Å². The van der Waals surface area contributed by atoms with Gasteiger partial charge in [-0.05, 0) is 31.4 Å². The van der Waals surface area contributed by atoms with Crippen LogP contribution in [0.2, 0.25) is 0 Å². The second-order valence-corrected chi connectivity index (χ2v) is 5.74. The van der Waals surface area contributed by atoms with Crippen LogP contribution < -0.4 is 14.8 Å². The molecule has 0 amide bonds. The number of nitrogens with one attached hydrogen (secondary N) is 1. The Kier molecular flexibility index (Phi) is 3.78. The Labute approximate surface area is 122 Å². The number of nitrogens with zero attached hydrogens (tertiary/aromatic N) is 1. The summed E-state index contributed by atoms with van der Waals surface area (Å²) in [7, 11) is 3.33. The standard InChI is InChI=1S/C15H18N2O2S/c1-18-10-6-7-11(13(9-10)19-2)14-17-12-5-3-4-8-16-15(12)20-14/h6-7,9,16H,3-5,8H2,1-2H3. The minimum atomic E-state index is 0.793. The highest BCUT2D eigenvalue weighted by Crippen LogP contribution is 2.39. The molecule has 4 nitrogen and oxygen atoms in total. The molecule has 0 saturated carbocycles. The van der Waals surface area contributed by atoms with E-state index in [-0.39, 0.29) is 0 Å². The zero-order chi connectivity index (χ0) is 13.9. The fourth-order valence-corrected chi connectivity index (χ4v) is 3.44. The van der Waals surface area contributed by atoms with Gasteiger partial charge in [0.2, 0.25) is 0 Å². The molecular weight excluding hydrogens is 272 g/mol. The van der Waals surface area contributed by atoms with E-state index in [4.69, 9.17) is 14.5 Å². The highest BCUT2D eigenvalue weighted by atomic mass is 32.1. The highest BCUT2D eigenvalue weighted by molar-refractivity contribution is 7.19. The highest BCUT2D eigenvalue weighted by Gasteiger charge is 2.17. The molecule has 1 N–H and O–H groups in total. The third-order valence-corrected chi connectivity index (χ3v) is 4.55. The van der Waals surface area contributed by atoms with Gasteiger partial charge in [-0.2, -0.15) is 0 Å². The van der Waals surface area contributed by atoms with Crippen LogP contribution in [-0.4, -0.2) is 25.7 Å². The van der Waals surface area contributed by atoms with Crippen LogP contribution >= 0.6 is 11.3 Å². The maximum absolute atomic E-state index is 5.47. The molecule has 0 fully saturated rings. The quantitative estimate of drug-likeness (QED) is 0.938. The van der Waals surface area contributed by atoms with Crippen molar-refractivity contribution in [2.45, 2.75) is 19.3 Å². The van der Waals surface area contributed by atoms with Crippen molar-refractivity contribution in [2.24, 2.45) is 0 Å². The number of aryl methyl sites for hydroxylation is 1. The molecule has 2 heterocycles. The SMILES string of the molecule is COc1ccc(-c2nc3c(s2)NCCCC3)c(OC)c1. The summed E-state index contributed by atoms with van der Waals surface area (Å²) >= 11 is 1.70. The van der Waals surface area contributed by atoms with E-state index in [9.17, 15) is 0 Å². The Morgan fingerprint density at radius 2 is 2.10 bits per heavy atom. The van der Waals surface area contributed by atoms with Gasteiger partial charge < -0.3 is 14.8 Å². The van der Waals surface area contributed by atoms with E-state index < -0.39 is 0 Å². The van der Waals surface area contributed by atoms with Gasteiger partial charge in [-0.1, -0.05) is 11.3 Å². The van der Waals surface area contributed by atoms with E-state index in [0.29, 0.717) is 0 Å². The van der Waals surface area contributed by atoms with Gasteiger partial charge in [0.15, 0.2) is 0 Å². The number of thiazole rings is 1. The van der Waals surface area contributed by atoms with Crippen molar-refractivity contribution in [3.63, 3.8) is 0 Å². The lowest BCUT2D eigenvalue weighted by Crippen LogP contribution is -1.96. The molecule has 1 aliphatic rings. The van der Waals surface area contributed by atoms with Crippen LogP contribution in [0.25, 0.3) is 10.6 Å². The minimum Gasteiger partial charge on any atom is -0.497 e. The zero-order valence-electron chi connectivity index (χ0n) is 11.7. The maximum atomic E-state index is 5.47. The van der Waals surface area contributed by atoms with Gasteiger partial charge in [-0.25, -0.2) is 4.98 Å². The normalized spacial score (nSPS) is 14.1. The smallest absolute Gasteiger partial charge is 0.132 e. The molecule has 0 spiro atoms. The van der Waals surface area contributed by atoms with E-state index in [1.807, 2.05) is 18.2 Å². The maximum Gasteiger partial charge on any atom is 0.132 e. The average Bonchev–Trinajstić information content (AvgIpc) is 2.77. The van der Waals surface area contributed by atoms with Gasteiger partial charge in [0, 0.05) is 12.6 Å². The Bertz CT molecular complexity index is 586. The fourth-order valence-electron chi connectivity index (χ4n) is 2.37. The van der Waals surface area contributed by atoms with Crippen molar-refractivity contribution in [1.82, 2.24) is 4.98 Å². The number of ether oxygens (including phenoxy) is 2. The molecule has 1 aliphatic heterocycles. The Morgan fingerprint density at radius 1 is 1.20 bits per heavy atom. The first-order valence-corrected chi connectivity index (χ1v) is 7.59. The average molecular weight is 290 g/mol.